The first-order valence-electron chi connectivity index (χ1n) is 7.59. The van der Waals surface area contributed by atoms with Crippen LogP contribution in [0.1, 0.15) is 30.7 Å². The first kappa shape index (κ1) is 16.4. The van der Waals surface area contributed by atoms with Crippen LogP contribution >= 0.6 is 11.6 Å². The third kappa shape index (κ3) is 2.99. The van der Waals surface area contributed by atoms with Crippen LogP contribution in [0.5, 0.6) is 0 Å². The highest BCUT2D eigenvalue weighted by molar-refractivity contribution is 6.30. The molecule has 7 nitrogen and oxygen atoms in total. The Balaban J connectivity index is 1.69. The van der Waals surface area contributed by atoms with E-state index >= 15 is 0 Å². The van der Waals surface area contributed by atoms with Gasteiger partial charge in [0, 0.05) is 24.9 Å². The Morgan fingerprint density at radius 1 is 1.33 bits per heavy atom. The van der Waals surface area contributed by atoms with Crippen LogP contribution in [-0.4, -0.2) is 33.6 Å². The van der Waals surface area contributed by atoms with Crippen molar-refractivity contribution in [3.63, 3.8) is 0 Å². The van der Waals surface area contributed by atoms with Crippen molar-refractivity contribution in [1.82, 2.24) is 20.4 Å². The Kier molecular flexibility index (Phi) is 4.28. The number of aromatic nitrogens is 2. The number of urea groups is 1. The Bertz CT molecular complexity index is 791. The summed E-state index contributed by atoms with van der Waals surface area (Å²) in [4.78, 5) is 26.2. The lowest BCUT2D eigenvalue weighted by Gasteiger charge is -2.22. The predicted molar refractivity (Wildman–Crippen MR) is 86.4 cm³/mol. The van der Waals surface area contributed by atoms with Crippen LogP contribution < -0.4 is 5.32 Å². The molecule has 24 heavy (non-hydrogen) atoms. The van der Waals surface area contributed by atoms with Gasteiger partial charge in [0.2, 0.25) is 11.8 Å². The monoisotopic (exact) mass is 348 g/mol. The summed E-state index contributed by atoms with van der Waals surface area (Å²) in [7, 11) is 0. The van der Waals surface area contributed by atoms with Crippen LogP contribution in [0.2, 0.25) is 5.02 Å². The van der Waals surface area contributed by atoms with E-state index in [0.717, 1.165) is 0 Å². The van der Waals surface area contributed by atoms with Crippen molar-refractivity contribution in [2.24, 2.45) is 0 Å². The van der Waals surface area contributed by atoms with Crippen LogP contribution in [0, 0.1) is 6.92 Å². The normalized spacial score (nSPS) is 20.5. The molecular formula is C16H17ClN4O3. The second-order valence-corrected chi connectivity index (χ2v) is 6.28. The number of carbonyl (C=O) groups is 2. The van der Waals surface area contributed by atoms with Gasteiger partial charge in [0.05, 0.1) is 0 Å². The number of aryl methyl sites for hydroxylation is 2. The maximum Gasteiger partial charge on any atom is 0.325 e. The van der Waals surface area contributed by atoms with Crippen molar-refractivity contribution in [3.8, 4) is 0 Å². The number of benzene rings is 1. The minimum atomic E-state index is -1.11. The van der Waals surface area contributed by atoms with Gasteiger partial charge in [0.25, 0.3) is 5.91 Å². The number of hydrogen-bond acceptors (Lipinski definition) is 5. The van der Waals surface area contributed by atoms with Crippen LogP contribution in [0.4, 0.5) is 4.79 Å². The standard InChI is InChI=1S/C16H17ClN4O3/c1-10-19-20-13(24-10)7-4-8-21-14(22)16(2,18-15(21)23)11-5-3-6-12(17)9-11/h3,5-6,9H,4,7-8H2,1-2H3,(H,18,23)/t16-/m0/s1. The molecule has 2 aromatic rings. The van der Waals surface area contributed by atoms with Gasteiger partial charge in [0.1, 0.15) is 5.54 Å². The number of carbonyl (C=O) groups excluding carboxylic acids is 2. The van der Waals surface area contributed by atoms with Crippen molar-refractivity contribution in [2.75, 3.05) is 6.54 Å². The van der Waals surface area contributed by atoms with E-state index in [9.17, 15) is 9.59 Å². The van der Waals surface area contributed by atoms with E-state index in [4.69, 9.17) is 16.0 Å². The lowest BCUT2D eigenvalue weighted by molar-refractivity contribution is -0.131. The van der Waals surface area contributed by atoms with E-state index in [-0.39, 0.29) is 12.5 Å². The van der Waals surface area contributed by atoms with Gasteiger partial charge in [-0.25, -0.2) is 4.79 Å². The number of amides is 3. The zero-order valence-electron chi connectivity index (χ0n) is 13.4. The minimum Gasteiger partial charge on any atom is -0.426 e. The number of nitrogens with one attached hydrogen (secondary N) is 1. The van der Waals surface area contributed by atoms with Crippen molar-refractivity contribution >= 4 is 23.5 Å². The Labute approximate surface area is 144 Å². The SMILES string of the molecule is Cc1nnc(CCCN2C(=O)N[C@@](C)(c3cccc(Cl)c3)C2=O)o1. The minimum absolute atomic E-state index is 0.280. The van der Waals surface area contributed by atoms with E-state index in [1.54, 1.807) is 38.1 Å². The zero-order valence-corrected chi connectivity index (χ0v) is 14.1. The molecule has 126 valence electrons. The summed E-state index contributed by atoms with van der Waals surface area (Å²) >= 11 is 6.00. The second kappa shape index (κ2) is 6.24. The van der Waals surface area contributed by atoms with Crippen molar-refractivity contribution in [1.29, 1.82) is 0 Å². The van der Waals surface area contributed by atoms with E-state index in [1.165, 1.54) is 4.90 Å². The molecule has 0 bridgehead atoms. The predicted octanol–water partition coefficient (Wildman–Crippen LogP) is 2.43. The van der Waals surface area contributed by atoms with Gasteiger partial charge >= 0.3 is 6.03 Å². The summed E-state index contributed by atoms with van der Waals surface area (Å²) in [6, 6.07) is 6.52. The fourth-order valence-electron chi connectivity index (χ4n) is 2.72. The third-order valence-electron chi connectivity index (χ3n) is 4.02. The quantitative estimate of drug-likeness (QED) is 0.838. The molecule has 3 amide bonds. The highest BCUT2D eigenvalue weighted by Gasteiger charge is 2.48. The van der Waals surface area contributed by atoms with Crippen LogP contribution in [0.15, 0.2) is 28.7 Å². The van der Waals surface area contributed by atoms with Crippen LogP contribution in [0.3, 0.4) is 0 Å². The molecule has 1 aliphatic heterocycles. The van der Waals surface area contributed by atoms with Gasteiger partial charge in [-0.1, -0.05) is 23.7 Å². The summed E-state index contributed by atoms with van der Waals surface area (Å²) in [5, 5.41) is 10.9. The average Bonchev–Trinajstić information content (AvgIpc) is 3.04. The van der Waals surface area contributed by atoms with Gasteiger partial charge in [-0.05, 0) is 31.0 Å². The molecule has 8 heteroatoms. The fourth-order valence-corrected chi connectivity index (χ4v) is 2.91. The van der Waals surface area contributed by atoms with Crippen LogP contribution in [-0.2, 0) is 16.8 Å². The lowest BCUT2D eigenvalue weighted by Crippen LogP contribution is -2.41. The van der Waals surface area contributed by atoms with E-state index in [1.807, 2.05) is 0 Å². The molecule has 0 aliphatic carbocycles. The topological polar surface area (TPSA) is 88.3 Å². The number of hydrogen-bond donors (Lipinski definition) is 1. The highest BCUT2D eigenvalue weighted by atomic mass is 35.5. The van der Waals surface area contributed by atoms with Gasteiger partial charge in [-0.15, -0.1) is 10.2 Å². The van der Waals surface area contributed by atoms with Crippen molar-refractivity contribution < 1.29 is 14.0 Å². The average molecular weight is 349 g/mol. The van der Waals surface area contributed by atoms with E-state index < -0.39 is 11.6 Å². The number of nitrogens with zero attached hydrogens (tertiary/aromatic N) is 3. The Morgan fingerprint density at radius 2 is 2.12 bits per heavy atom. The second-order valence-electron chi connectivity index (χ2n) is 5.84. The lowest BCUT2D eigenvalue weighted by atomic mass is 9.92. The zero-order chi connectivity index (χ0) is 17.3. The summed E-state index contributed by atoms with van der Waals surface area (Å²) < 4.78 is 5.28. The molecule has 3 rings (SSSR count). The van der Waals surface area contributed by atoms with Crippen molar-refractivity contribution in [3.05, 3.63) is 46.6 Å². The number of rotatable bonds is 5. The molecule has 1 atom stereocenters. The first-order valence-corrected chi connectivity index (χ1v) is 7.97. The smallest absolute Gasteiger partial charge is 0.325 e. The Morgan fingerprint density at radius 3 is 2.79 bits per heavy atom. The largest absolute Gasteiger partial charge is 0.426 e. The molecule has 0 spiro atoms. The molecule has 0 saturated carbocycles. The van der Waals surface area contributed by atoms with Gasteiger partial charge < -0.3 is 9.73 Å². The molecule has 0 radical (unpaired) electrons. The summed E-state index contributed by atoms with van der Waals surface area (Å²) in [5.74, 6) is 0.696. The number of halogens is 1. The third-order valence-corrected chi connectivity index (χ3v) is 4.25. The maximum atomic E-state index is 12.7. The molecule has 2 heterocycles. The van der Waals surface area contributed by atoms with Crippen molar-refractivity contribution in [2.45, 2.75) is 32.2 Å². The fraction of sp³-hybridized carbons (Fsp3) is 0.375. The van der Waals surface area contributed by atoms with E-state index in [2.05, 4.69) is 15.5 Å². The number of imide groups is 1. The molecule has 1 aliphatic rings. The van der Waals surface area contributed by atoms with Gasteiger partial charge in [-0.2, -0.15) is 0 Å². The first-order chi connectivity index (χ1) is 11.4. The van der Waals surface area contributed by atoms with Gasteiger partial charge in [0.15, 0.2) is 0 Å². The molecular weight excluding hydrogens is 332 g/mol. The van der Waals surface area contributed by atoms with E-state index in [0.29, 0.717) is 35.2 Å². The van der Waals surface area contributed by atoms with Crippen LogP contribution in [0.25, 0.3) is 0 Å². The summed E-state index contributed by atoms with van der Waals surface area (Å²) in [6.07, 6.45) is 1.05. The molecule has 1 aromatic heterocycles. The summed E-state index contributed by atoms with van der Waals surface area (Å²) in [6.45, 7) is 3.67. The molecule has 1 fully saturated rings. The summed E-state index contributed by atoms with van der Waals surface area (Å²) in [5.41, 5.74) is -0.452. The molecule has 1 N–H and O–H groups in total. The highest BCUT2D eigenvalue weighted by Crippen LogP contribution is 2.30. The maximum absolute atomic E-state index is 12.7. The molecule has 1 aromatic carbocycles. The van der Waals surface area contributed by atoms with Gasteiger partial charge in [-0.3, -0.25) is 9.69 Å². The molecule has 0 unspecified atom stereocenters. The molecule has 1 saturated heterocycles. The Hall–Kier alpha value is -2.41.